The second-order valence-corrected chi connectivity index (χ2v) is 6.07. The van der Waals surface area contributed by atoms with E-state index in [1.165, 1.54) is 0 Å². The number of aromatic nitrogens is 3. The number of hydrogen-bond donors (Lipinski definition) is 2. The molecule has 2 heterocycles. The third kappa shape index (κ3) is 3.42. The maximum Gasteiger partial charge on any atom is 0.308 e. The largest absolute Gasteiger partial charge is 0.481 e. The van der Waals surface area contributed by atoms with E-state index in [0.29, 0.717) is 28.8 Å². The van der Waals surface area contributed by atoms with Gasteiger partial charge in [0.2, 0.25) is 0 Å². The molecule has 1 unspecified atom stereocenters. The molecule has 0 aliphatic heterocycles. The maximum atomic E-state index is 12.7. The van der Waals surface area contributed by atoms with E-state index in [0.717, 1.165) is 5.56 Å². The first kappa shape index (κ1) is 17.6. The minimum Gasteiger partial charge on any atom is -0.481 e. The van der Waals surface area contributed by atoms with Crippen molar-refractivity contribution in [2.75, 3.05) is 6.54 Å². The number of carboxylic acid groups (broad SMARTS) is 1. The van der Waals surface area contributed by atoms with E-state index in [4.69, 9.17) is 5.11 Å². The number of aryl methyl sites for hydroxylation is 1. The highest BCUT2D eigenvalue weighted by Crippen LogP contribution is 2.24. The fourth-order valence-corrected chi connectivity index (χ4v) is 2.65. The van der Waals surface area contributed by atoms with Crippen LogP contribution in [0.15, 0.2) is 42.6 Å². The lowest BCUT2D eigenvalue weighted by Crippen LogP contribution is -2.31. The Morgan fingerprint density at radius 3 is 2.65 bits per heavy atom. The number of fused-ring (bicyclic) bond motifs is 1. The number of carboxylic acids is 1. The zero-order chi connectivity index (χ0) is 18.7. The van der Waals surface area contributed by atoms with Crippen molar-refractivity contribution in [3.63, 3.8) is 0 Å². The van der Waals surface area contributed by atoms with Gasteiger partial charge >= 0.3 is 5.97 Å². The smallest absolute Gasteiger partial charge is 0.308 e. The van der Waals surface area contributed by atoms with Crippen LogP contribution in [-0.2, 0) is 11.3 Å². The summed E-state index contributed by atoms with van der Waals surface area (Å²) >= 11 is 0. The van der Waals surface area contributed by atoms with E-state index in [-0.39, 0.29) is 12.5 Å². The van der Waals surface area contributed by atoms with Gasteiger partial charge in [0.05, 0.1) is 28.8 Å². The molecular weight excluding hydrogens is 332 g/mol. The van der Waals surface area contributed by atoms with E-state index in [9.17, 15) is 9.59 Å². The molecule has 0 spiro atoms. The number of nitrogens with one attached hydrogen (secondary N) is 1. The Bertz CT molecular complexity index is 950. The molecule has 0 aliphatic rings. The molecule has 0 bridgehead atoms. The van der Waals surface area contributed by atoms with Crippen molar-refractivity contribution in [2.45, 2.75) is 20.4 Å². The summed E-state index contributed by atoms with van der Waals surface area (Å²) in [6, 6.07) is 11.3. The summed E-state index contributed by atoms with van der Waals surface area (Å²) < 4.78 is 1.73. The van der Waals surface area contributed by atoms with Gasteiger partial charge in [0, 0.05) is 18.7 Å². The van der Waals surface area contributed by atoms with Crippen LogP contribution in [0.2, 0.25) is 0 Å². The average molecular weight is 352 g/mol. The Kier molecular flexibility index (Phi) is 4.97. The molecule has 134 valence electrons. The molecule has 1 amide bonds. The normalized spacial score (nSPS) is 12.1. The molecule has 7 nitrogen and oxygen atoms in total. The molecule has 0 saturated heterocycles. The van der Waals surface area contributed by atoms with Gasteiger partial charge < -0.3 is 10.4 Å². The number of carbonyl (C=O) groups excluding carboxylic acids is 1. The van der Waals surface area contributed by atoms with Crippen molar-refractivity contribution in [3.05, 3.63) is 48.2 Å². The zero-order valence-electron chi connectivity index (χ0n) is 14.6. The van der Waals surface area contributed by atoms with Crippen LogP contribution >= 0.6 is 0 Å². The lowest BCUT2D eigenvalue weighted by molar-refractivity contribution is -0.140. The van der Waals surface area contributed by atoms with Gasteiger partial charge in [-0.1, -0.05) is 37.3 Å². The number of hydrogen-bond acceptors (Lipinski definition) is 4. The minimum atomic E-state index is -0.950. The molecule has 3 aromatic rings. The highest BCUT2D eigenvalue weighted by atomic mass is 16.4. The molecule has 1 atom stereocenters. The summed E-state index contributed by atoms with van der Waals surface area (Å²) in [7, 11) is 0. The fraction of sp³-hybridized carbons (Fsp3) is 0.263. The summed E-state index contributed by atoms with van der Waals surface area (Å²) in [5, 5.41) is 16.6. The highest BCUT2D eigenvalue weighted by molar-refractivity contribution is 6.06. The number of benzene rings is 1. The molecular formula is C19H20N4O3. The van der Waals surface area contributed by atoms with Crippen LogP contribution in [0.1, 0.15) is 24.2 Å². The fourth-order valence-electron chi connectivity index (χ4n) is 2.65. The lowest BCUT2D eigenvalue weighted by atomic mass is 10.1. The van der Waals surface area contributed by atoms with Crippen LogP contribution in [0.3, 0.4) is 0 Å². The Hall–Kier alpha value is -3.22. The second-order valence-electron chi connectivity index (χ2n) is 6.07. The van der Waals surface area contributed by atoms with Crippen molar-refractivity contribution in [1.82, 2.24) is 20.1 Å². The van der Waals surface area contributed by atoms with E-state index in [1.807, 2.05) is 37.3 Å². The predicted molar refractivity (Wildman–Crippen MR) is 97.8 cm³/mol. The van der Waals surface area contributed by atoms with Gasteiger partial charge in [0.1, 0.15) is 0 Å². The standard InChI is InChI=1S/C19H20N4O3/c1-3-23-17-15(11-21-23)14(18(24)20-10-12(2)19(25)26)9-16(22-17)13-7-5-4-6-8-13/h4-9,11-12H,3,10H2,1-2H3,(H,20,24)(H,25,26). The first-order valence-electron chi connectivity index (χ1n) is 8.44. The number of pyridine rings is 1. The molecule has 1 aromatic carbocycles. The minimum absolute atomic E-state index is 0.0561. The van der Waals surface area contributed by atoms with Crippen LogP contribution in [0.25, 0.3) is 22.3 Å². The van der Waals surface area contributed by atoms with Crippen molar-refractivity contribution >= 4 is 22.9 Å². The number of carbonyl (C=O) groups is 2. The van der Waals surface area contributed by atoms with Gasteiger partial charge in [0.25, 0.3) is 5.91 Å². The van der Waals surface area contributed by atoms with E-state index in [1.54, 1.807) is 23.9 Å². The predicted octanol–water partition coefficient (Wildman–Crippen LogP) is 2.57. The number of aliphatic carboxylic acids is 1. The molecule has 3 rings (SSSR count). The molecule has 0 aliphatic carbocycles. The SMILES string of the molecule is CCn1ncc2c(C(=O)NCC(C)C(=O)O)cc(-c3ccccc3)nc21. The maximum absolute atomic E-state index is 12.7. The molecule has 0 fully saturated rings. The summed E-state index contributed by atoms with van der Waals surface area (Å²) in [6.45, 7) is 4.19. The second kappa shape index (κ2) is 7.35. The first-order chi connectivity index (χ1) is 12.5. The number of nitrogens with zero attached hydrogens (tertiary/aromatic N) is 3. The van der Waals surface area contributed by atoms with Gasteiger partial charge in [-0.2, -0.15) is 5.10 Å². The van der Waals surface area contributed by atoms with Crippen molar-refractivity contribution in [3.8, 4) is 11.3 Å². The van der Waals surface area contributed by atoms with Crippen LogP contribution in [-0.4, -0.2) is 38.3 Å². The molecule has 0 saturated carbocycles. The summed E-state index contributed by atoms with van der Waals surface area (Å²) in [6.07, 6.45) is 1.62. The van der Waals surface area contributed by atoms with Crippen LogP contribution < -0.4 is 5.32 Å². The van der Waals surface area contributed by atoms with Gasteiger partial charge in [0.15, 0.2) is 5.65 Å². The molecule has 2 N–H and O–H groups in total. The van der Waals surface area contributed by atoms with E-state index in [2.05, 4.69) is 15.4 Å². The molecule has 2 aromatic heterocycles. The van der Waals surface area contributed by atoms with Crippen molar-refractivity contribution in [1.29, 1.82) is 0 Å². The number of amides is 1. The van der Waals surface area contributed by atoms with Crippen LogP contribution in [0, 0.1) is 5.92 Å². The van der Waals surface area contributed by atoms with Gasteiger partial charge in [-0.25, -0.2) is 9.67 Å². The Balaban J connectivity index is 2.04. The van der Waals surface area contributed by atoms with Crippen molar-refractivity contribution in [2.24, 2.45) is 5.92 Å². The lowest BCUT2D eigenvalue weighted by Gasteiger charge is -2.11. The average Bonchev–Trinajstić information content (AvgIpc) is 3.08. The van der Waals surface area contributed by atoms with Crippen LogP contribution in [0.4, 0.5) is 0 Å². The highest BCUT2D eigenvalue weighted by Gasteiger charge is 2.19. The van der Waals surface area contributed by atoms with E-state index >= 15 is 0 Å². The molecule has 7 heteroatoms. The first-order valence-corrected chi connectivity index (χ1v) is 8.44. The summed E-state index contributed by atoms with van der Waals surface area (Å²) in [4.78, 5) is 28.3. The zero-order valence-corrected chi connectivity index (χ0v) is 14.6. The quantitative estimate of drug-likeness (QED) is 0.711. The number of rotatable bonds is 6. The summed E-state index contributed by atoms with van der Waals surface area (Å²) in [5.74, 6) is -1.95. The third-order valence-electron chi connectivity index (χ3n) is 4.21. The Morgan fingerprint density at radius 2 is 2.00 bits per heavy atom. The Morgan fingerprint density at radius 1 is 1.27 bits per heavy atom. The van der Waals surface area contributed by atoms with Crippen molar-refractivity contribution < 1.29 is 14.7 Å². The molecule has 0 radical (unpaired) electrons. The summed E-state index contributed by atoms with van der Waals surface area (Å²) in [5.41, 5.74) is 2.63. The van der Waals surface area contributed by atoms with Gasteiger partial charge in [-0.3, -0.25) is 9.59 Å². The van der Waals surface area contributed by atoms with E-state index < -0.39 is 11.9 Å². The van der Waals surface area contributed by atoms with Crippen LogP contribution in [0.5, 0.6) is 0 Å². The molecule has 26 heavy (non-hydrogen) atoms. The topological polar surface area (TPSA) is 97.1 Å². The van der Waals surface area contributed by atoms with Gasteiger partial charge in [-0.15, -0.1) is 0 Å². The van der Waals surface area contributed by atoms with Gasteiger partial charge in [-0.05, 0) is 13.0 Å². The monoisotopic (exact) mass is 352 g/mol. The Labute approximate surface area is 150 Å². The third-order valence-corrected chi connectivity index (χ3v) is 4.21.